The number of nitrogens with one attached hydrogen (secondary N) is 1. The molecule has 2 aliphatic heterocycles. The summed E-state index contributed by atoms with van der Waals surface area (Å²) in [7, 11) is 0. The number of benzene rings is 2. The molecule has 6 nitrogen and oxygen atoms in total. The summed E-state index contributed by atoms with van der Waals surface area (Å²) < 4.78 is 0. The van der Waals surface area contributed by atoms with Gasteiger partial charge in [-0.2, -0.15) is 5.26 Å². The quantitative estimate of drug-likeness (QED) is 0.710. The largest absolute Gasteiger partial charge is 0.384 e. The van der Waals surface area contributed by atoms with Gasteiger partial charge >= 0.3 is 0 Å². The second-order valence-corrected chi connectivity index (χ2v) is 8.48. The number of nitriles is 1. The molecule has 5 rings (SSSR count). The van der Waals surface area contributed by atoms with Crippen LogP contribution in [0.1, 0.15) is 30.4 Å². The van der Waals surface area contributed by atoms with Crippen LogP contribution >= 0.6 is 11.6 Å². The Hall–Kier alpha value is -3.56. The Morgan fingerprint density at radius 1 is 1.19 bits per heavy atom. The first-order valence-corrected chi connectivity index (χ1v) is 10.4. The average molecular weight is 431 g/mol. The fourth-order valence-electron chi connectivity index (χ4n) is 5.01. The van der Waals surface area contributed by atoms with Gasteiger partial charge in [-0.1, -0.05) is 35.4 Å². The summed E-state index contributed by atoms with van der Waals surface area (Å²) in [5.74, 6) is -0.415. The zero-order chi connectivity index (χ0) is 21.9. The summed E-state index contributed by atoms with van der Waals surface area (Å²) in [5.41, 5.74) is 8.88. The molecule has 31 heavy (non-hydrogen) atoms. The lowest BCUT2D eigenvalue weighted by molar-refractivity contribution is -0.122. The van der Waals surface area contributed by atoms with Crippen LogP contribution in [0.4, 0.5) is 11.4 Å². The molecule has 3 aliphatic rings. The van der Waals surface area contributed by atoms with E-state index in [0.717, 1.165) is 5.56 Å². The Morgan fingerprint density at radius 3 is 2.74 bits per heavy atom. The van der Waals surface area contributed by atoms with E-state index >= 15 is 0 Å². The number of ketones is 1. The first-order chi connectivity index (χ1) is 14.9. The van der Waals surface area contributed by atoms with E-state index in [1.165, 1.54) is 0 Å². The predicted octanol–water partition coefficient (Wildman–Crippen LogP) is 4.06. The highest BCUT2D eigenvalue weighted by atomic mass is 35.5. The van der Waals surface area contributed by atoms with Crippen molar-refractivity contribution in [1.82, 2.24) is 0 Å². The molecule has 0 saturated heterocycles. The number of nitrogens with zero attached hydrogens (tertiary/aromatic N) is 2. The van der Waals surface area contributed by atoms with E-state index in [0.29, 0.717) is 52.5 Å². The van der Waals surface area contributed by atoms with Gasteiger partial charge in [0.15, 0.2) is 5.78 Å². The highest BCUT2D eigenvalue weighted by Crippen LogP contribution is 2.55. The Bertz CT molecular complexity index is 1290. The fourth-order valence-corrected chi connectivity index (χ4v) is 5.20. The molecule has 154 valence electrons. The zero-order valence-electron chi connectivity index (χ0n) is 16.8. The van der Waals surface area contributed by atoms with Gasteiger partial charge in [0.05, 0.1) is 5.57 Å². The summed E-state index contributed by atoms with van der Waals surface area (Å²) in [6, 6.07) is 14.8. The maximum atomic E-state index is 13.6. The van der Waals surface area contributed by atoms with E-state index in [1.54, 1.807) is 29.2 Å². The first kappa shape index (κ1) is 19.4. The summed E-state index contributed by atoms with van der Waals surface area (Å²) >= 11 is 6.22. The van der Waals surface area contributed by atoms with Crippen molar-refractivity contribution >= 4 is 34.7 Å². The van der Waals surface area contributed by atoms with E-state index in [9.17, 15) is 14.9 Å². The van der Waals surface area contributed by atoms with Gasteiger partial charge in [0.25, 0.3) is 0 Å². The van der Waals surface area contributed by atoms with Crippen molar-refractivity contribution in [2.45, 2.75) is 31.6 Å². The van der Waals surface area contributed by atoms with Crippen molar-refractivity contribution in [2.75, 3.05) is 10.2 Å². The molecular weight excluding hydrogens is 412 g/mol. The van der Waals surface area contributed by atoms with Crippen molar-refractivity contribution in [1.29, 1.82) is 5.26 Å². The fraction of sp³-hybridized carbons (Fsp3) is 0.208. The summed E-state index contributed by atoms with van der Waals surface area (Å²) in [6.45, 7) is 1.91. The molecule has 1 spiro atoms. The number of nitrogens with two attached hydrogens (primary N) is 1. The maximum absolute atomic E-state index is 13.6. The van der Waals surface area contributed by atoms with Gasteiger partial charge in [0, 0.05) is 39.7 Å². The number of allylic oxidation sites excluding steroid dienone is 1. The van der Waals surface area contributed by atoms with Gasteiger partial charge in [-0.05, 0) is 44.0 Å². The number of carbonyl (C=O) groups is 2. The van der Waals surface area contributed by atoms with Crippen molar-refractivity contribution in [3.8, 4) is 6.07 Å². The lowest BCUT2D eigenvalue weighted by Crippen LogP contribution is -2.50. The summed E-state index contributed by atoms with van der Waals surface area (Å²) in [6.07, 6.45) is 1.52. The summed E-state index contributed by atoms with van der Waals surface area (Å²) in [4.78, 5) is 28.6. The third-order valence-electron chi connectivity index (χ3n) is 6.25. The third kappa shape index (κ3) is 2.50. The summed E-state index contributed by atoms with van der Waals surface area (Å²) in [5, 5.41) is 13.6. The molecule has 1 aliphatic carbocycles. The van der Waals surface area contributed by atoms with Crippen LogP contribution in [0.15, 0.2) is 65.1 Å². The van der Waals surface area contributed by atoms with Crippen LogP contribution < -0.4 is 16.0 Å². The molecule has 0 fully saturated rings. The second kappa shape index (κ2) is 6.73. The molecule has 1 atom stereocenters. The van der Waals surface area contributed by atoms with Gasteiger partial charge in [-0.3, -0.25) is 14.5 Å². The molecule has 3 N–H and O–H groups in total. The Kier molecular flexibility index (Phi) is 4.21. The van der Waals surface area contributed by atoms with Crippen molar-refractivity contribution in [2.24, 2.45) is 5.73 Å². The molecule has 0 saturated carbocycles. The predicted molar refractivity (Wildman–Crippen MR) is 118 cm³/mol. The van der Waals surface area contributed by atoms with Gasteiger partial charge in [-0.25, -0.2) is 0 Å². The van der Waals surface area contributed by atoms with Gasteiger partial charge in [0.2, 0.25) is 5.91 Å². The number of halogens is 1. The monoisotopic (exact) mass is 430 g/mol. The highest BCUT2D eigenvalue weighted by Gasteiger charge is 2.60. The van der Waals surface area contributed by atoms with Crippen molar-refractivity contribution in [3.63, 3.8) is 0 Å². The Labute approximate surface area is 184 Å². The Balaban J connectivity index is 1.90. The molecule has 0 unspecified atom stereocenters. The minimum atomic E-state index is -1.54. The molecule has 2 heterocycles. The van der Waals surface area contributed by atoms with E-state index < -0.39 is 11.3 Å². The number of carbonyl (C=O) groups excluding carboxylic acids is 2. The standard InChI is InChI=1S/C24H19ClN4O2/c1-13-8-9-18-16(10-13)24(23(31)28-18)17(12-26)22(27)29(15-5-2-4-14(25)11-15)19-6-3-7-20(30)21(19)24/h2,4-5,8-11H,3,6-7,27H2,1H3,(H,28,31)/t24-/m0/s1. The third-order valence-corrected chi connectivity index (χ3v) is 6.48. The van der Waals surface area contributed by atoms with Gasteiger partial charge in [0.1, 0.15) is 17.3 Å². The smallest absolute Gasteiger partial charge is 0.245 e. The normalized spacial score (nSPS) is 22.4. The SMILES string of the molecule is Cc1ccc2c(c1)[C@]1(C(=O)N2)C(C#N)=C(N)N(c2cccc(Cl)c2)C2=C1C(=O)CCC2. The lowest BCUT2D eigenvalue weighted by atomic mass is 9.63. The van der Waals surface area contributed by atoms with Crippen LogP contribution in [-0.4, -0.2) is 11.7 Å². The van der Waals surface area contributed by atoms with Crippen LogP contribution in [0.25, 0.3) is 0 Å². The molecule has 0 radical (unpaired) electrons. The second-order valence-electron chi connectivity index (χ2n) is 8.04. The minimum absolute atomic E-state index is 0.0586. The number of hydrogen-bond donors (Lipinski definition) is 2. The van der Waals surface area contributed by atoms with Crippen LogP contribution in [0.5, 0.6) is 0 Å². The number of fused-ring (bicyclic) bond motifs is 3. The van der Waals surface area contributed by atoms with E-state index in [4.69, 9.17) is 17.3 Å². The molecule has 7 heteroatoms. The van der Waals surface area contributed by atoms with Crippen LogP contribution in [0.3, 0.4) is 0 Å². The van der Waals surface area contributed by atoms with Gasteiger partial charge < -0.3 is 11.1 Å². The zero-order valence-corrected chi connectivity index (χ0v) is 17.6. The highest BCUT2D eigenvalue weighted by molar-refractivity contribution is 6.30. The van der Waals surface area contributed by atoms with Crippen molar-refractivity contribution < 1.29 is 9.59 Å². The van der Waals surface area contributed by atoms with Gasteiger partial charge in [-0.15, -0.1) is 0 Å². The average Bonchev–Trinajstić information content (AvgIpc) is 3.00. The lowest BCUT2D eigenvalue weighted by Gasteiger charge is -2.43. The van der Waals surface area contributed by atoms with E-state index in [2.05, 4.69) is 11.4 Å². The van der Waals surface area contributed by atoms with Crippen LogP contribution in [0, 0.1) is 18.3 Å². The molecule has 1 amide bonds. The van der Waals surface area contributed by atoms with Crippen LogP contribution in [-0.2, 0) is 15.0 Å². The van der Waals surface area contributed by atoms with E-state index in [1.807, 2.05) is 25.1 Å². The minimum Gasteiger partial charge on any atom is -0.384 e. The van der Waals surface area contributed by atoms with Crippen molar-refractivity contribution in [3.05, 3.63) is 81.3 Å². The number of amides is 1. The van der Waals surface area contributed by atoms with E-state index in [-0.39, 0.29) is 17.2 Å². The molecule has 0 aromatic heterocycles. The number of anilines is 2. The molecule has 2 aromatic rings. The topological polar surface area (TPSA) is 99.2 Å². The first-order valence-electron chi connectivity index (χ1n) is 10.0. The Morgan fingerprint density at radius 2 is 2.00 bits per heavy atom. The van der Waals surface area contributed by atoms with Crippen LogP contribution in [0.2, 0.25) is 5.02 Å². The molecular formula is C24H19ClN4O2. The number of aryl methyl sites for hydroxylation is 1. The number of Topliss-reactive ketones (excluding diaryl/α,β-unsaturated/α-hetero) is 1. The maximum Gasteiger partial charge on any atom is 0.245 e. The number of hydrogen-bond acceptors (Lipinski definition) is 5. The number of rotatable bonds is 1. The molecule has 0 bridgehead atoms. The molecule has 2 aromatic carbocycles.